The molecule has 2 fully saturated rings. The summed E-state index contributed by atoms with van der Waals surface area (Å²) < 4.78 is 5.58. The number of benzene rings is 1. The Morgan fingerprint density at radius 1 is 1.22 bits per heavy atom. The molecule has 0 spiro atoms. The maximum atomic E-state index is 12.3. The Hall–Kier alpha value is -1.39. The van der Waals surface area contributed by atoms with Crippen molar-refractivity contribution in [3.05, 3.63) is 29.8 Å². The van der Waals surface area contributed by atoms with Crippen LogP contribution in [0, 0.1) is 5.92 Å². The van der Waals surface area contributed by atoms with Crippen molar-refractivity contribution in [2.24, 2.45) is 5.92 Å². The van der Waals surface area contributed by atoms with Crippen LogP contribution in [0.25, 0.3) is 0 Å². The van der Waals surface area contributed by atoms with Crippen LogP contribution >= 0.6 is 0 Å². The van der Waals surface area contributed by atoms with Crippen molar-refractivity contribution < 1.29 is 9.53 Å². The smallest absolute Gasteiger partial charge is 0.224 e. The number of fused-ring (bicyclic) bond motifs is 2. The largest absolute Gasteiger partial charge is 0.374 e. The molecule has 2 bridgehead atoms. The van der Waals surface area contributed by atoms with E-state index in [-0.39, 0.29) is 12.0 Å². The molecule has 126 valence electrons. The van der Waals surface area contributed by atoms with Gasteiger partial charge in [0.25, 0.3) is 0 Å². The van der Waals surface area contributed by atoms with Crippen LogP contribution in [0.5, 0.6) is 0 Å². The molecule has 1 aromatic carbocycles. The number of carbonyl (C=O) groups is 1. The summed E-state index contributed by atoms with van der Waals surface area (Å²) in [5, 5.41) is 6.66. The fourth-order valence-electron chi connectivity index (χ4n) is 3.76. The summed E-state index contributed by atoms with van der Waals surface area (Å²) in [5.41, 5.74) is 2.01. The Morgan fingerprint density at radius 3 is 2.48 bits per heavy atom. The third kappa shape index (κ3) is 4.79. The van der Waals surface area contributed by atoms with Gasteiger partial charge in [-0.3, -0.25) is 4.79 Å². The summed E-state index contributed by atoms with van der Waals surface area (Å²) in [4.78, 5) is 12.3. The van der Waals surface area contributed by atoms with E-state index in [4.69, 9.17) is 4.74 Å². The maximum absolute atomic E-state index is 12.3. The van der Waals surface area contributed by atoms with Gasteiger partial charge in [-0.05, 0) is 63.1 Å². The van der Waals surface area contributed by atoms with Gasteiger partial charge in [-0.15, -0.1) is 0 Å². The molecule has 0 saturated carbocycles. The predicted octanol–water partition coefficient (Wildman–Crippen LogP) is 3.47. The van der Waals surface area contributed by atoms with E-state index in [9.17, 15) is 4.79 Å². The molecule has 2 atom stereocenters. The Balaban J connectivity index is 1.46. The van der Waals surface area contributed by atoms with E-state index in [0.29, 0.717) is 31.0 Å². The molecule has 2 saturated heterocycles. The Morgan fingerprint density at radius 2 is 1.87 bits per heavy atom. The lowest BCUT2D eigenvalue weighted by Crippen LogP contribution is -2.39. The van der Waals surface area contributed by atoms with E-state index in [1.807, 2.05) is 38.1 Å². The van der Waals surface area contributed by atoms with E-state index in [1.54, 1.807) is 0 Å². The van der Waals surface area contributed by atoms with Crippen LogP contribution in [0.1, 0.15) is 51.5 Å². The van der Waals surface area contributed by atoms with Crippen molar-refractivity contribution in [2.45, 2.75) is 70.7 Å². The number of anilines is 1. The second-order valence-corrected chi connectivity index (χ2v) is 7.28. The van der Waals surface area contributed by atoms with E-state index in [1.165, 1.54) is 12.8 Å². The molecule has 4 heteroatoms. The van der Waals surface area contributed by atoms with Crippen LogP contribution in [0.15, 0.2) is 24.3 Å². The van der Waals surface area contributed by atoms with Crippen molar-refractivity contribution >= 4 is 11.6 Å². The van der Waals surface area contributed by atoms with Gasteiger partial charge in [0.2, 0.25) is 5.91 Å². The highest BCUT2D eigenvalue weighted by Gasteiger charge is 2.34. The molecule has 2 aliphatic rings. The minimum atomic E-state index is 0.141. The standard InChI is InChI=1S/C19H28N2O2/c1-13(2)23-12-14-3-5-16(6-4-14)21-19(22)11-15-9-17-7-8-18(10-15)20-17/h3-6,13,15,17-18,20H,7-12H2,1-2H3,(H,21,22). The zero-order valence-electron chi connectivity index (χ0n) is 14.2. The highest BCUT2D eigenvalue weighted by atomic mass is 16.5. The lowest BCUT2D eigenvalue weighted by molar-refractivity contribution is -0.117. The monoisotopic (exact) mass is 316 g/mol. The number of piperidine rings is 1. The van der Waals surface area contributed by atoms with Gasteiger partial charge >= 0.3 is 0 Å². The van der Waals surface area contributed by atoms with Crippen molar-refractivity contribution in [3.8, 4) is 0 Å². The SMILES string of the molecule is CC(C)OCc1ccc(NC(=O)CC2CC3CCC(C2)N3)cc1. The highest BCUT2D eigenvalue weighted by Crippen LogP contribution is 2.32. The Bertz CT molecular complexity index is 515. The quantitative estimate of drug-likeness (QED) is 0.845. The van der Waals surface area contributed by atoms with Gasteiger partial charge in [0.15, 0.2) is 0 Å². The number of hydrogen-bond donors (Lipinski definition) is 2. The molecule has 2 aliphatic heterocycles. The summed E-state index contributed by atoms with van der Waals surface area (Å²) in [6.07, 6.45) is 5.73. The number of hydrogen-bond acceptors (Lipinski definition) is 3. The highest BCUT2D eigenvalue weighted by molar-refractivity contribution is 5.90. The van der Waals surface area contributed by atoms with Crippen LogP contribution in [-0.4, -0.2) is 24.1 Å². The molecule has 0 aromatic heterocycles. The van der Waals surface area contributed by atoms with E-state index >= 15 is 0 Å². The van der Waals surface area contributed by atoms with Gasteiger partial charge in [-0.1, -0.05) is 12.1 Å². The van der Waals surface area contributed by atoms with Crippen molar-refractivity contribution in [2.75, 3.05) is 5.32 Å². The number of rotatable bonds is 6. The first kappa shape index (κ1) is 16.5. The second kappa shape index (κ2) is 7.45. The predicted molar refractivity (Wildman–Crippen MR) is 92.3 cm³/mol. The first-order chi connectivity index (χ1) is 11.1. The minimum absolute atomic E-state index is 0.141. The molecule has 2 unspecified atom stereocenters. The molecule has 23 heavy (non-hydrogen) atoms. The molecule has 1 amide bonds. The van der Waals surface area contributed by atoms with Crippen LogP contribution < -0.4 is 10.6 Å². The van der Waals surface area contributed by atoms with Crippen LogP contribution in [0.2, 0.25) is 0 Å². The zero-order chi connectivity index (χ0) is 16.2. The molecule has 2 N–H and O–H groups in total. The van der Waals surface area contributed by atoms with Gasteiger partial charge < -0.3 is 15.4 Å². The summed E-state index contributed by atoms with van der Waals surface area (Å²) in [7, 11) is 0. The fourth-order valence-corrected chi connectivity index (χ4v) is 3.76. The normalized spacial score (nSPS) is 26.5. The van der Waals surface area contributed by atoms with E-state index in [0.717, 1.165) is 24.1 Å². The number of ether oxygens (including phenoxy) is 1. The maximum Gasteiger partial charge on any atom is 0.224 e. The molecule has 2 heterocycles. The van der Waals surface area contributed by atoms with E-state index in [2.05, 4.69) is 10.6 Å². The topological polar surface area (TPSA) is 50.4 Å². The number of nitrogens with one attached hydrogen (secondary N) is 2. The second-order valence-electron chi connectivity index (χ2n) is 7.28. The van der Waals surface area contributed by atoms with Gasteiger partial charge in [-0.25, -0.2) is 0 Å². The zero-order valence-corrected chi connectivity index (χ0v) is 14.2. The van der Waals surface area contributed by atoms with Gasteiger partial charge in [0.05, 0.1) is 12.7 Å². The first-order valence-electron chi connectivity index (χ1n) is 8.85. The van der Waals surface area contributed by atoms with Gasteiger partial charge in [0.1, 0.15) is 0 Å². The third-order valence-corrected chi connectivity index (χ3v) is 4.87. The van der Waals surface area contributed by atoms with Crippen LogP contribution in [-0.2, 0) is 16.1 Å². The molecule has 0 aliphatic carbocycles. The summed E-state index contributed by atoms with van der Waals surface area (Å²) in [6.45, 7) is 4.67. The lowest BCUT2D eigenvalue weighted by atomic mass is 9.89. The van der Waals surface area contributed by atoms with Crippen molar-refractivity contribution in [1.29, 1.82) is 0 Å². The number of amides is 1. The van der Waals surface area contributed by atoms with Crippen LogP contribution in [0.3, 0.4) is 0 Å². The van der Waals surface area contributed by atoms with Crippen molar-refractivity contribution in [3.63, 3.8) is 0 Å². The third-order valence-electron chi connectivity index (χ3n) is 4.87. The van der Waals surface area contributed by atoms with Crippen LogP contribution in [0.4, 0.5) is 5.69 Å². The molecule has 0 radical (unpaired) electrons. The first-order valence-corrected chi connectivity index (χ1v) is 8.85. The Labute approximate surface area is 139 Å². The van der Waals surface area contributed by atoms with E-state index < -0.39 is 0 Å². The molecule has 3 rings (SSSR count). The fraction of sp³-hybridized carbons (Fsp3) is 0.632. The average molecular weight is 316 g/mol. The molecular formula is C19H28N2O2. The summed E-state index contributed by atoms with van der Waals surface area (Å²) in [5.74, 6) is 0.676. The van der Waals surface area contributed by atoms with Crippen molar-refractivity contribution in [1.82, 2.24) is 5.32 Å². The van der Waals surface area contributed by atoms with Gasteiger partial charge in [0, 0.05) is 24.2 Å². The molecule has 1 aromatic rings. The number of carbonyl (C=O) groups excluding carboxylic acids is 1. The average Bonchev–Trinajstić information content (AvgIpc) is 2.85. The molecular weight excluding hydrogens is 288 g/mol. The molecule has 4 nitrogen and oxygen atoms in total. The summed E-state index contributed by atoms with van der Waals surface area (Å²) in [6, 6.07) is 9.25. The Kier molecular flexibility index (Phi) is 5.34. The lowest BCUT2D eigenvalue weighted by Gasteiger charge is -2.28. The summed E-state index contributed by atoms with van der Waals surface area (Å²) >= 11 is 0. The minimum Gasteiger partial charge on any atom is -0.374 e. The van der Waals surface area contributed by atoms with Gasteiger partial charge in [-0.2, -0.15) is 0 Å².